The third kappa shape index (κ3) is 36.2. The number of aliphatic hydroxyl groups is 5. The standard InChI is InChI=1S/C57H105NO8/c1-3-5-7-9-11-13-15-16-17-18-19-20-21-22-23-24-25-26-27-28-29-30-31-32-33-34-35-36-37-39-41-43-45-47-53(61)58-50(49-65-57-56(64)55(63)54(62)52(48-59)66-57)51(60)46-44-42-40-38-14-12-10-8-6-4-2/h6,8,14,22-23,38,44,46,50-52,54-57,59-60,62-64H,3-5,7,9-13,15-21,24-37,39-43,45,47-49H2,1-2H3,(H,58,61)/b8-6+,23-22-,38-14+,46-44+. The number of nitrogens with one attached hydrogen (secondary N) is 1. The highest BCUT2D eigenvalue weighted by Gasteiger charge is 2.44. The lowest BCUT2D eigenvalue weighted by Gasteiger charge is -2.40. The lowest BCUT2D eigenvalue weighted by Crippen LogP contribution is -2.60. The van der Waals surface area contributed by atoms with E-state index in [0.29, 0.717) is 6.42 Å². The molecule has 66 heavy (non-hydrogen) atoms. The van der Waals surface area contributed by atoms with Gasteiger partial charge in [0.25, 0.3) is 0 Å². The first-order chi connectivity index (χ1) is 32.3. The quantitative estimate of drug-likeness (QED) is 0.0261. The molecular formula is C57H105NO8. The summed E-state index contributed by atoms with van der Waals surface area (Å²) in [7, 11) is 0. The molecule has 0 radical (unpaired) electrons. The molecule has 9 nitrogen and oxygen atoms in total. The topological polar surface area (TPSA) is 149 Å². The van der Waals surface area contributed by atoms with E-state index in [1.165, 1.54) is 180 Å². The van der Waals surface area contributed by atoms with Gasteiger partial charge in [0, 0.05) is 6.42 Å². The minimum absolute atomic E-state index is 0.191. The van der Waals surface area contributed by atoms with Crippen molar-refractivity contribution >= 4 is 5.91 Å². The van der Waals surface area contributed by atoms with Crippen molar-refractivity contribution < 1.29 is 39.8 Å². The van der Waals surface area contributed by atoms with E-state index in [2.05, 4.69) is 55.6 Å². The Morgan fingerprint density at radius 2 is 0.909 bits per heavy atom. The van der Waals surface area contributed by atoms with Crippen molar-refractivity contribution in [1.82, 2.24) is 5.32 Å². The van der Waals surface area contributed by atoms with Crippen molar-refractivity contribution in [3.8, 4) is 0 Å². The normalized spacial score (nSPS) is 20.1. The molecule has 1 fully saturated rings. The molecule has 1 heterocycles. The summed E-state index contributed by atoms with van der Waals surface area (Å²) < 4.78 is 11.2. The largest absolute Gasteiger partial charge is 0.394 e. The predicted molar refractivity (Wildman–Crippen MR) is 276 cm³/mol. The first-order valence-electron chi connectivity index (χ1n) is 27.9. The SMILES string of the molecule is CC/C=C/CC/C=C/CC/C=C/C(O)C(COC1OC(CO)C(O)C(O)C1O)NC(=O)CCCCCCCCCCCCCCCCCCC/C=C\CCCCCCCCCCCCCC. The molecule has 1 saturated heterocycles. The summed E-state index contributed by atoms with van der Waals surface area (Å²) in [6, 6.07) is -0.826. The smallest absolute Gasteiger partial charge is 0.220 e. The van der Waals surface area contributed by atoms with Gasteiger partial charge in [-0.1, -0.05) is 229 Å². The second kappa shape index (κ2) is 46.9. The average Bonchev–Trinajstić information content (AvgIpc) is 3.32. The van der Waals surface area contributed by atoms with Crippen molar-refractivity contribution in [2.75, 3.05) is 13.2 Å². The first kappa shape index (κ1) is 62.2. The number of hydrogen-bond donors (Lipinski definition) is 6. The second-order valence-corrected chi connectivity index (χ2v) is 19.3. The van der Waals surface area contributed by atoms with Gasteiger partial charge in [0.2, 0.25) is 5.91 Å². The van der Waals surface area contributed by atoms with Crippen LogP contribution in [0.2, 0.25) is 0 Å². The molecule has 1 aliphatic rings. The number of allylic oxidation sites excluding steroid dienone is 7. The van der Waals surface area contributed by atoms with Gasteiger partial charge >= 0.3 is 0 Å². The highest BCUT2D eigenvalue weighted by Crippen LogP contribution is 2.23. The number of hydrogen-bond acceptors (Lipinski definition) is 8. The van der Waals surface area contributed by atoms with Crippen molar-refractivity contribution in [2.24, 2.45) is 0 Å². The van der Waals surface area contributed by atoms with Gasteiger partial charge in [0.1, 0.15) is 24.4 Å². The Kier molecular flexibility index (Phi) is 44.1. The number of carbonyl (C=O) groups is 1. The zero-order chi connectivity index (χ0) is 48.0. The van der Waals surface area contributed by atoms with E-state index in [-0.39, 0.29) is 12.5 Å². The number of aliphatic hydroxyl groups excluding tert-OH is 5. The average molecular weight is 932 g/mol. The molecule has 0 aromatic rings. The fourth-order valence-corrected chi connectivity index (χ4v) is 8.72. The zero-order valence-electron chi connectivity index (χ0n) is 42.7. The van der Waals surface area contributed by atoms with Crippen LogP contribution in [0.5, 0.6) is 0 Å². The van der Waals surface area contributed by atoms with Gasteiger partial charge < -0.3 is 40.3 Å². The van der Waals surface area contributed by atoms with Gasteiger partial charge in [0.05, 0.1) is 25.4 Å². The summed E-state index contributed by atoms with van der Waals surface area (Å²) in [6.07, 6.45) is 55.1. The van der Waals surface area contributed by atoms with E-state index >= 15 is 0 Å². The van der Waals surface area contributed by atoms with Crippen LogP contribution in [0.15, 0.2) is 48.6 Å². The zero-order valence-corrected chi connectivity index (χ0v) is 42.7. The molecule has 1 amide bonds. The molecule has 9 heteroatoms. The lowest BCUT2D eigenvalue weighted by atomic mass is 9.99. The maximum atomic E-state index is 13.0. The minimum Gasteiger partial charge on any atom is -0.394 e. The van der Waals surface area contributed by atoms with Crippen molar-refractivity contribution in [1.29, 1.82) is 0 Å². The number of amides is 1. The molecular weight excluding hydrogens is 827 g/mol. The van der Waals surface area contributed by atoms with E-state index < -0.39 is 49.5 Å². The van der Waals surface area contributed by atoms with Crippen LogP contribution in [0.25, 0.3) is 0 Å². The van der Waals surface area contributed by atoms with Crippen LogP contribution in [0, 0.1) is 0 Å². The Morgan fingerprint density at radius 1 is 0.515 bits per heavy atom. The van der Waals surface area contributed by atoms with Crippen molar-refractivity contribution in [2.45, 2.75) is 294 Å². The van der Waals surface area contributed by atoms with Gasteiger partial charge in [-0.25, -0.2) is 0 Å². The molecule has 0 saturated carbocycles. The third-order valence-corrected chi connectivity index (χ3v) is 13.1. The highest BCUT2D eigenvalue weighted by atomic mass is 16.7. The van der Waals surface area contributed by atoms with Crippen LogP contribution < -0.4 is 5.32 Å². The Balaban J connectivity index is 2.08. The van der Waals surface area contributed by atoms with Crippen LogP contribution in [0.4, 0.5) is 0 Å². The van der Waals surface area contributed by atoms with E-state index in [0.717, 1.165) is 51.4 Å². The fourth-order valence-electron chi connectivity index (χ4n) is 8.72. The second-order valence-electron chi connectivity index (χ2n) is 19.3. The predicted octanol–water partition coefficient (Wildman–Crippen LogP) is 13.3. The Hall–Kier alpha value is -1.85. The van der Waals surface area contributed by atoms with E-state index in [9.17, 15) is 30.3 Å². The van der Waals surface area contributed by atoms with Crippen LogP contribution in [-0.2, 0) is 14.3 Å². The molecule has 0 aliphatic carbocycles. The lowest BCUT2D eigenvalue weighted by molar-refractivity contribution is -0.302. The molecule has 0 spiro atoms. The Morgan fingerprint density at radius 3 is 1.35 bits per heavy atom. The summed E-state index contributed by atoms with van der Waals surface area (Å²) in [5, 5.41) is 54.1. The molecule has 6 N–H and O–H groups in total. The van der Waals surface area contributed by atoms with Gasteiger partial charge in [-0.05, 0) is 64.2 Å². The summed E-state index contributed by atoms with van der Waals surface area (Å²) in [5.41, 5.74) is 0. The number of unbranched alkanes of at least 4 members (excludes halogenated alkanes) is 31. The molecule has 0 aromatic heterocycles. The van der Waals surface area contributed by atoms with E-state index in [1.54, 1.807) is 6.08 Å². The van der Waals surface area contributed by atoms with Crippen LogP contribution in [0.3, 0.4) is 0 Å². The Labute approximate surface area is 405 Å². The van der Waals surface area contributed by atoms with Crippen molar-refractivity contribution in [3.63, 3.8) is 0 Å². The number of ether oxygens (including phenoxy) is 2. The summed E-state index contributed by atoms with van der Waals surface area (Å²) in [5.74, 6) is -0.191. The van der Waals surface area contributed by atoms with Gasteiger partial charge in [-0.2, -0.15) is 0 Å². The van der Waals surface area contributed by atoms with Crippen LogP contribution >= 0.6 is 0 Å². The first-order valence-corrected chi connectivity index (χ1v) is 27.9. The van der Waals surface area contributed by atoms with Crippen LogP contribution in [-0.4, -0.2) is 87.5 Å². The third-order valence-electron chi connectivity index (χ3n) is 13.1. The van der Waals surface area contributed by atoms with Gasteiger partial charge in [0.15, 0.2) is 6.29 Å². The van der Waals surface area contributed by atoms with E-state index in [4.69, 9.17) is 9.47 Å². The maximum absolute atomic E-state index is 13.0. The summed E-state index contributed by atoms with van der Waals surface area (Å²) in [4.78, 5) is 13.0. The summed E-state index contributed by atoms with van der Waals surface area (Å²) in [6.45, 7) is 3.64. The number of rotatable bonds is 47. The van der Waals surface area contributed by atoms with Gasteiger partial charge in [-0.15, -0.1) is 0 Å². The van der Waals surface area contributed by atoms with Crippen molar-refractivity contribution in [3.05, 3.63) is 48.6 Å². The molecule has 0 aromatic carbocycles. The molecule has 1 rings (SSSR count). The van der Waals surface area contributed by atoms with E-state index in [1.807, 2.05) is 6.08 Å². The monoisotopic (exact) mass is 932 g/mol. The maximum Gasteiger partial charge on any atom is 0.220 e. The Bertz CT molecular complexity index is 1170. The minimum atomic E-state index is -1.57. The molecule has 0 bridgehead atoms. The molecule has 7 atom stereocenters. The van der Waals surface area contributed by atoms with Crippen LogP contribution in [0.1, 0.15) is 251 Å². The highest BCUT2D eigenvalue weighted by molar-refractivity contribution is 5.76. The molecule has 7 unspecified atom stereocenters. The number of carbonyl (C=O) groups excluding carboxylic acids is 1. The van der Waals surface area contributed by atoms with Gasteiger partial charge in [-0.3, -0.25) is 4.79 Å². The fraction of sp³-hybridized carbons (Fsp3) is 0.842. The molecule has 1 aliphatic heterocycles. The molecule has 386 valence electrons. The summed E-state index contributed by atoms with van der Waals surface area (Å²) >= 11 is 0.